The van der Waals surface area contributed by atoms with Gasteiger partial charge in [0.25, 0.3) is 0 Å². The van der Waals surface area contributed by atoms with Crippen molar-refractivity contribution in [2.24, 2.45) is 0 Å². The second kappa shape index (κ2) is 6.61. The van der Waals surface area contributed by atoms with E-state index in [9.17, 15) is 13.6 Å². The molecule has 0 amide bonds. The Kier molecular flexibility index (Phi) is 4.84. The predicted octanol–water partition coefficient (Wildman–Crippen LogP) is 4.52. The van der Waals surface area contributed by atoms with Crippen molar-refractivity contribution in [2.45, 2.75) is 33.1 Å². The lowest BCUT2D eigenvalue weighted by Crippen LogP contribution is -2.09. The molecule has 2 aromatic rings. The highest BCUT2D eigenvalue weighted by atomic mass is 19.1. The van der Waals surface area contributed by atoms with Crippen LogP contribution in [0.2, 0.25) is 0 Å². The van der Waals surface area contributed by atoms with E-state index >= 15 is 0 Å². The van der Waals surface area contributed by atoms with Gasteiger partial charge in [-0.3, -0.25) is 4.79 Å². The molecule has 0 aliphatic rings. The summed E-state index contributed by atoms with van der Waals surface area (Å²) in [5.74, 6) is -1.44. The first-order valence-corrected chi connectivity index (χ1v) is 7.14. The largest absolute Gasteiger partial charge is 0.294 e. The molecule has 0 unspecified atom stereocenters. The van der Waals surface area contributed by atoms with Crippen LogP contribution in [0.1, 0.15) is 40.9 Å². The van der Waals surface area contributed by atoms with Crippen molar-refractivity contribution in [3.8, 4) is 0 Å². The van der Waals surface area contributed by atoms with E-state index in [-0.39, 0.29) is 17.8 Å². The maximum atomic E-state index is 13.7. The normalized spacial score (nSPS) is 10.7. The molecule has 0 radical (unpaired) electrons. The van der Waals surface area contributed by atoms with E-state index in [2.05, 4.69) is 0 Å². The van der Waals surface area contributed by atoms with Crippen LogP contribution in [-0.2, 0) is 19.3 Å². The number of aryl methyl sites for hydroxylation is 2. The summed E-state index contributed by atoms with van der Waals surface area (Å²) in [6, 6.07) is 9.16. The molecule has 0 aliphatic carbocycles. The molecule has 0 atom stereocenters. The number of carbonyl (C=O) groups is 1. The van der Waals surface area contributed by atoms with Crippen molar-refractivity contribution < 1.29 is 13.6 Å². The van der Waals surface area contributed by atoms with Crippen molar-refractivity contribution in [3.63, 3.8) is 0 Å². The van der Waals surface area contributed by atoms with Gasteiger partial charge in [0.2, 0.25) is 0 Å². The minimum Gasteiger partial charge on any atom is -0.294 e. The van der Waals surface area contributed by atoms with Crippen LogP contribution >= 0.6 is 0 Å². The first kappa shape index (κ1) is 15.4. The van der Waals surface area contributed by atoms with Gasteiger partial charge < -0.3 is 0 Å². The Labute approximate surface area is 123 Å². The first-order chi connectivity index (χ1) is 10.0. The summed E-state index contributed by atoms with van der Waals surface area (Å²) in [5.41, 5.74) is 2.90. The van der Waals surface area contributed by atoms with Crippen LogP contribution in [0.4, 0.5) is 8.78 Å². The predicted molar refractivity (Wildman–Crippen MR) is 79.6 cm³/mol. The molecule has 3 heteroatoms. The van der Waals surface area contributed by atoms with Gasteiger partial charge in [0.15, 0.2) is 5.78 Å². The third-order valence-corrected chi connectivity index (χ3v) is 3.63. The fraction of sp³-hybridized carbons (Fsp3) is 0.278. The average Bonchev–Trinajstić information content (AvgIpc) is 2.49. The van der Waals surface area contributed by atoms with Gasteiger partial charge in [-0.15, -0.1) is 0 Å². The molecule has 110 valence electrons. The number of hydrogen-bond donors (Lipinski definition) is 0. The van der Waals surface area contributed by atoms with Gasteiger partial charge in [-0.2, -0.15) is 0 Å². The topological polar surface area (TPSA) is 17.1 Å². The van der Waals surface area contributed by atoms with Crippen molar-refractivity contribution >= 4 is 5.78 Å². The van der Waals surface area contributed by atoms with Gasteiger partial charge in [-0.05, 0) is 41.7 Å². The smallest absolute Gasteiger partial charge is 0.167 e. The van der Waals surface area contributed by atoms with Gasteiger partial charge in [-0.25, -0.2) is 8.78 Å². The van der Waals surface area contributed by atoms with E-state index in [1.807, 2.05) is 32.0 Å². The minimum atomic E-state index is -0.673. The lowest BCUT2D eigenvalue weighted by Gasteiger charge is -2.10. The molecule has 0 bridgehead atoms. The molecule has 2 rings (SSSR count). The Morgan fingerprint density at radius 2 is 1.67 bits per heavy atom. The molecule has 0 spiro atoms. The van der Waals surface area contributed by atoms with Crippen molar-refractivity contribution in [2.75, 3.05) is 0 Å². The Morgan fingerprint density at radius 3 is 2.29 bits per heavy atom. The summed E-state index contributed by atoms with van der Waals surface area (Å²) in [5, 5.41) is 0. The van der Waals surface area contributed by atoms with Crippen LogP contribution in [0.5, 0.6) is 0 Å². The summed E-state index contributed by atoms with van der Waals surface area (Å²) in [7, 11) is 0. The third-order valence-electron chi connectivity index (χ3n) is 3.63. The SMILES string of the molecule is CCc1ccc(CC)c(C(=O)Cc2ccc(F)cc2F)c1. The molecule has 0 N–H and O–H groups in total. The third kappa shape index (κ3) is 3.54. The maximum Gasteiger partial charge on any atom is 0.167 e. The number of hydrogen-bond acceptors (Lipinski definition) is 1. The van der Waals surface area contributed by atoms with Crippen LogP contribution in [0, 0.1) is 11.6 Å². The van der Waals surface area contributed by atoms with Gasteiger partial charge in [-0.1, -0.05) is 32.0 Å². The summed E-state index contributed by atoms with van der Waals surface area (Å²) in [6.07, 6.45) is 1.54. The van der Waals surface area contributed by atoms with Gasteiger partial charge in [0.1, 0.15) is 11.6 Å². The first-order valence-electron chi connectivity index (χ1n) is 7.14. The molecule has 0 aliphatic heterocycles. The van der Waals surface area contributed by atoms with E-state index in [1.165, 1.54) is 12.1 Å². The summed E-state index contributed by atoms with van der Waals surface area (Å²) < 4.78 is 26.6. The van der Waals surface area contributed by atoms with Crippen LogP contribution in [0.25, 0.3) is 0 Å². The fourth-order valence-corrected chi connectivity index (χ4v) is 2.34. The van der Waals surface area contributed by atoms with Crippen molar-refractivity contribution in [3.05, 3.63) is 70.3 Å². The highest BCUT2D eigenvalue weighted by Crippen LogP contribution is 2.18. The molecule has 0 heterocycles. The van der Waals surface area contributed by atoms with Gasteiger partial charge >= 0.3 is 0 Å². The van der Waals surface area contributed by atoms with Crippen LogP contribution in [0.15, 0.2) is 36.4 Å². The molecule has 0 fully saturated rings. The second-order valence-electron chi connectivity index (χ2n) is 5.03. The average molecular weight is 288 g/mol. The van der Waals surface area contributed by atoms with Crippen molar-refractivity contribution in [1.29, 1.82) is 0 Å². The molecule has 1 nitrogen and oxygen atoms in total. The highest BCUT2D eigenvalue weighted by Gasteiger charge is 2.14. The molecular weight excluding hydrogens is 270 g/mol. The molecular formula is C18H18F2O. The number of carbonyl (C=O) groups excluding carboxylic acids is 1. The Morgan fingerprint density at radius 1 is 0.952 bits per heavy atom. The summed E-state index contributed by atoms with van der Waals surface area (Å²) in [4.78, 5) is 12.4. The van der Waals surface area contributed by atoms with Crippen LogP contribution in [-0.4, -0.2) is 5.78 Å². The zero-order valence-electron chi connectivity index (χ0n) is 12.2. The minimum absolute atomic E-state index is 0.0493. The van der Waals surface area contributed by atoms with Crippen molar-refractivity contribution in [1.82, 2.24) is 0 Å². The highest BCUT2D eigenvalue weighted by molar-refractivity contribution is 5.99. The molecule has 0 saturated carbocycles. The zero-order chi connectivity index (χ0) is 15.4. The van der Waals surface area contributed by atoms with Crippen LogP contribution in [0.3, 0.4) is 0 Å². The summed E-state index contributed by atoms with van der Waals surface area (Å²) in [6.45, 7) is 4.01. The zero-order valence-corrected chi connectivity index (χ0v) is 12.2. The molecule has 0 saturated heterocycles. The Hall–Kier alpha value is -2.03. The standard InChI is InChI=1S/C18H18F2O/c1-3-12-5-6-13(4-2)16(9-12)18(21)10-14-7-8-15(19)11-17(14)20/h5-9,11H,3-4,10H2,1-2H3. The maximum absolute atomic E-state index is 13.7. The van der Waals surface area contributed by atoms with E-state index in [0.29, 0.717) is 5.56 Å². The van der Waals surface area contributed by atoms with E-state index in [1.54, 1.807) is 0 Å². The number of rotatable bonds is 5. The Bertz CT molecular complexity index is 662. The number of halogens is 2. The quantitative estimate of drug-likeness (QED) is 0.740. The molecule has 2 aromatic carbocycles. The van der Waals surface area contributed by atoms with E-state index in [0.717, 1.165) is 30.0 Å². The molecule has 21 heavy (non-hydrogen) atoms. The fourth-order valence-electron chi connectivity index (χ4n) is 2.34. The monoisotopic (exact) mass is 288 g/mol. The summed E-state index contributed by atoms with van der Waals surface area (Å²) >= 11 is 0. The van der Waals surface area contributed by atoms with Crippen LogP contribution < -0.4 is 0 Å². The number of ketones is 1. The number of benzene rings is 2. The van der Waals surface area contributed by atoms with E-state index < -0.39 is 11.6 Å². The lowest BCUT2D eigenvalue weighted by molar-refractivity contribution is 0.0991. The number of Topliss-reactive ketones (excluding diaryl/α,β-unsaturated/α-hetero) is 1. The molecule has 0 aromatic heterocycles. The second-order valence-corrected chi connectivity index (χ2v) is 5.03. The van der Waals surface area contributed by atoms with Gasteiger partial charge in [0.05, 0.1) is 0 Å². The van der Waals surface area contributed by atoms with E-state index in [4.69, 9.17) is 0 Å². The lowest BCUT2D eigenvalue weighted by atomic mass is 9.94. The Balaban J connectivity index is 2.31. The van der Waals surface area contributed by atoms with Gasteiger partial charge in [0, 0.05) is 18.1 Å².